The Morgan fingerprint density at radius 1 is 1.50 bits per heavy atom. The van der Waals surface area contributed by atoms with Crippen LogP contribution in [0.1, 0.15) is 23.7 Å². The SMILES string of the molecule is Cc1c(Cl)cccc1-n1cncc1C(N)C1CCOC1. The summed E-state index contributed by atoms with van der Waals surface area (Å²) in [5.74, 6) is 0.352. The van der Waals surface area contributed by atoms with Gasteiger partial charge in [0.15, 0.2) is 0 Å². The molecule has 1 aliphatic heterocycles. The Labute approximate surface area is 123 Å². The lowest BCUT2D eigenvalue weighted by Gasteiger charge is -2.20. The Morgan fingerprint density at radius 3 is 3.10 bits per heavy atom. The monoisotopic (exact) mass is 291 g/mol. The molecule has 2 aromatic rings. The second kappa shape index (κ2) is 5.56. The fourth-order valence-corrected chi connectivity index (χ4v) is 2.86. The van der Waals surface area contributed by atoms with E-state index in [1.807, 2.05) is 35.9 Å². The van der Waals surface area contributed by atoms with Crippen molar-refractivity contribution >= 4 is 11.6 Å². The van der Waals surface area contributed by atoms with Gasteiger partial charge >= 0.3 is 0 Å². The standard InChI is InChI=1S/C15H18ClN3O/c1-10-12(16)3-2-4-13(10)19-9-18-7-14(19)15(17)11-5-6-20-8-11/h2-4,7,9,11,15H,5-6,8,17H2,1H3. The highest BCUT2D eigenvalue weighted by Crippen LogP contribution is 2.30. The predicted octanol–water partition coefficient (Wildman–Crippen LogP) is 2.87. The molecule has 1 aromatic heterocycles. The third kappa shape index (κ3) is 2.35. The van der Waals surface area contributed by atoms with Gasteiger partial charge in [-0.3, -0.25) is 0 Å². The van der Waals surface area contributed by atoms with Gasteiger partial charge in [0.1, 0.15) is 0 Å². The van der Waals surface area contributed by atoms with E-state index in [0.717, 1.165) is 41.6 Å². The topological polar surface area (TPSA) is 53.1 Å². The van der Waals surface area contributed by atoms with E-state index in [2.05, 4.69) is 4.98 Å². The van der Waals surface area contributed by atoms with Crippen LogP contribution < -0.4 is 5.73 Å². The fraction of sp³-hybridized carbons (Fsp3) is 0.400. The predicted molar refractivity (Wildman–Crippen MR) is 79.2 cm³/mol. The van der Waals surface area contributed by atoms with Crippen LogP contribution in [-0.2, 0) is 4.74 Å². The number of hydrogen-bond acceptors (Lipinski definition) is 3. The molecule has 1 saturated heterocycles. The van der Waals surface area contributed by atoms with Crippen molar-refractivity contribution in [1.29, 1.82) is 0 Å². The van der Waals surface area contributed by atoms with E-state index in [-0.39, 0.29) is 6.04 Å². The Balaban J connectivity index is 1.99. The summed E-state index contributed by atoms with van der Waals surface area (Å²) >= 11 is 6.20. The van der Waals surface area contributed by atoms with Gasteiger partial charge in [0.2, 0.25) is 0 Å². The van der Waals surface area contributed by atoms with Gasteiger partial charge in [0.25, 0.3) is 0 Å². The first-order valence-electron chi connectivity index (χ1n) is 6.79. The number of rotatable bonds is 3. The molecular weight excluding hydrogens is 274 g/mol. The van der Waals surface area contributed by atoms with Crippen molar-refractivity contribution in [3.8, 4) is 5.69 Å². The van der Waals surface area contributed by atoms with E-state index < -0.39 is 0 Å². The molecule has 0 radical (unpaired) electrons. The zero-order valence-electron chi connectivity index (χ0n) is 11.4. The lowest BCUT2D eigenvalue weighted by Crippen LogP contribution is -2.24. The second-order valence-electron chi connectivity index (χ2n) is 5.22. The third-order valence-electron chi connectivity index (χ3n) is 3.98. The number of ether oxygens (including phenoxy) is 1. The molecule has 2 heterocycles. The zero-order chi connectivity index (χ0) is 14.1. The number of hydrogen-bond donors (Lipinski definition) is 1. The highest BCUT2D eigenvalue weighted by molar-refractivity contribution is 6.31. The van der Waals surface area contributed by atoms with Crippen LogP contribution in [0, 0.1) is 12.8 Å². The van der Waals surface area contributed by atoms with Gasteiger partial charge in [-0.1, -0.05) is 17.7 Å². The molecule has 0 aliphatic carbocycles. The summed E-state index contributed by atoms with van der Waals surface area (Å²) in [5, 5.41) is 0.750. The molecule has 0 amide bonds. The number of nitrogens with zero attached hydrogens (tertiary/aromatic N) is 2. The van der Waals surface area contributed by atoms with Gasteiger partial charge in [0, 0.05) is 17.5 Å². The third-order valence-corrected chi connectivity index (χ3v) is 4.39. The largest absolute Gasteiger partial charge is 0.381 e. The number of aromatic nitrogens is 2. The first-order valence-corrected chi connectivity index (χ1v) is 7.17. The normalized spacial score (nSPS) is 20.2. The van der Waals surface area contributed by atoms with Crippen molar-refractivity contribution < 1.29 is 4.74 Å². The van der Waals surface area contributed by atoms with E-state index in [4.69, 9.17) is 22.1 Å². The van der Waals surface area contributed by atoms with E-state index in [1.165, 1.54) is 0 Å². The van der Waals surface area contributed by atoms with Crippen molar-refractivity contribution in [3.05, 3.63) is 47.0 Å². The average Bonchev–Trinajstić information content (AvgIpc) is 3.11. The fourth-order valence-electron chi connectivity index (χ4n) is 2.69. The Hall–Kier alpha value is -1.36. The van der Waals surface area contributed by atoms with Crippen LogP contribution in [0.3, 0.4) is 0 Å². The summed E-state index contributed by atoms with van der Waals surface area (Å²) in [6.07, 6.45) is 4.63. The highest BCUT2D eigenvalue weighted by atomic mass is 35.5. The molecule has 4 nitrogen and oxygen atoms in total. The Bertz CT molecular complexity index is 605. The molecule has 2 atom stereocenters. The van der Waals surface area contributed by atoms with E-state index >= 15 is 0 Å². The maximum absolute atomic E-state index is 6.40. The summed E-state index contributed by atoms with van der Waals surface area (Å²) < 4.78 is 7.47. The van der Waals surface area contributed by atoms with Crippen molar-refractivity contribution in [2.45, 2.75) is 19.4 Å². The molecule has 1 aromatic carbocycles. The van der Waals surface area contributed by atoms with Crippen LogP contribution in [0.25, 0.3) is 5.69 Å². The summed E-state index contributed by atoms with van der Waals surface area (Å²) in [4.78, 5) is 4.26. The maximum Gasteiger partial charge on any atom is 0.0994 e. The first kappa shape index (κ1) is 13.6. The van der Waals surface area contributed by atoms with Gasteiger partial charge in [0.05, 0.1) is 36.6 Å². The van der Waals surface area contributed by atoms with Crippen LogP contribution in [0.2, 0.25) is 5.02 Å². The van der Waals surface area contributed by atoms with Crippen molar-refractivity contribution in [2.24, 2.45) is 11.7 Å². The number of halogens is 1. The quantitative estimate of drug-likeness (QED) is 0.946. The van der Waals surface area contributed by atoms with Crippen LogP contribution in [-0.4, -0.2) is 22.8 Å². The van der Waals surface area contributed by atoms with E-state index in [1.54, 1.807) is 6.33 Å². The molecular formula is C15H18ClN3O. The van der Waals surface area contributed by atoms with Crippen LogP contribution in [0.4, 0.5) is 0 Å². The molecule has 1 fully saturated rings. The van der Waals surface area contributed by atoms with Crippen molar-refractivity contribution in [2.75, 3.05) is 13.2 Å². The van der Waals surface area contributed by atoms with Gasteiger partial charge in [-0.25, -0.2) is 4.98 Å². The minimum atomic E-state index is -0.0709. The Kier molecular flexibility index (Phi) is 3.78. The van der Waals surface area contributed by atoms with Crippen molar-refractivity contribution in [1.82, 2.24) is 9.55 Å². The average molecular weight is 292 g/mol. The maximum atomic E-state index is 6.40. The molecule has 2 N–H and O–H groups in total. The molecule has 106 valence electrons. The molecule has 0 bridgehead atoms. The zero-order valence-corrected chi connectivity index (χ0v) is 12.2. The molecule has 5 heteroatoms. The van der Waals surface area contributed by atoms with E-state index in [0.29, 0.717) is 5.92 Å². The van der Waals surface area contributed by atoms with Gasteiger partial charge < -0.3 is 15.0 Å². The van der Waals surface area contributed by atoms with Gasteiger partial charge in [-0.05, 0) is 31.0 Å². The first-order chi connectivity index (χ1) is 9.68. The minimum Gasteiger partial charge on any atom is -0.381 e. The summed E-state index contributed by atoms with van der Waals surface area (Å²) in [6.45, 7) is 3.52. The molecule has 0 saturated carbocycles. The number of benzene rings is 1. The summed E-state index contributed by atoms with van der Waals surface area (Å²) in [5.41, 5.74) is 9.46. The molecule has 20 heavy (non-hydrogen) atoms. The smallest absolute Gasteiger partial charge is 0.0994 e. The molecule has 0 spiro atoms. The van der Waals surface area contributed by atoms with Crippen molar-refractivity contribution in [3.63, 3.8) is 0 Å². The minimum absolute atomic E-state index is 0.0709. The van der Waals surface area contributed by atoms with Gasteiger partial charge in [-0.2, -0.15) is 0 Å². The lowest BCUT2D eigenvalue weighted by atomic mass is 9.97. The van der Waals surface area contributed by atoms with E-state index in [9.17, 15) is 0 Å². The highest BCUT2D eigenvalue weighted by Gasteiger charge is 2.26. The summed E-state index contributed by atoms with van der Waals surface area (Å²) in [6, 6.07) is 5.79. The Morgan fingerprint density at radius 2 is 2.35 bits per heavy atom. The molecule has 1 aliphatic rings. The second-order valence-corrected chi connectivity index (χ2v) is 5.63. The van der Waals surface area contributed by atoms with Crippen LogP contribution >= 0.6 is 11.6 Å². The van der Waals surface area contributed by atoms with Crippen LogP contribution in [0.15, 0.2) is 30.7 Å². The molecule has 3 rings (SSSR count). The number of nitrogens with two attached hydrogens (primary N) is 1. The lowest BCUT2D eigenvalue weighted by molar-refractivity contribution is 0.180. The summed E-state index contributed by atoms with van der Waals surface area (Å²) in [7, 11) is 0. The van der Waals surface area contributed by atoms with Gasteiger partial charge in [-0.15, -0.1) is 0 Å². The number of imidazole rings is 1. The molecule has 2 unspecified atom stereocenters. The van der Waals surface area contributed by atoms with Crippen LogP contribution in [0.5, 0.6) is 0 Å².